The molecule has 0 unspecified atom stereocenters. The van der Waals surface area contributed by atoms with E-state index in [-0.39, 0.29) is 28.7 Å². The van der Waals surface area contributed by atoms with E-state index in [2.05, 4.69) is 0 Å². The zero-order chi connectivity index (χ0) is 21.3. The standard InChI is InChI=1S/C24H25NO5/c26-18-10-6-15(7-11-18)8-13-21(16-4-2-1-3-5-16)25-22(27)19-12-9-17(24(29)30)14-20(19)23(25)28/h1-5,9,12,14-15,18,21,26H,6-8,10-11,13H2,(H,29,30)/t15?,18?,21-/m1/s1. The maximum atomic E-state index is 13.2. The molecule has 0 radical (unpaired) electrons. The molecule has 0 bridgehead atoms. The molecule has 2 aliphatic rings. The van der Waals surface area contributed by atoms with Gasteiger partial charge in [0.05, 0.1) is 28.8 Å². The molecule has 1 saturated carbocycles. The minimum atomic E-state index is -1.13. The number of aliphatic hydroxyl groups excluding tert-OH is 1. The second-order valence-electron chi connectivity index (χ2n) is 8.22. The summed E-state index contributed by atoms with van der Waals surface area (Å²) >= 11 is 0. The van der Waals surface area contributed by atoms with Crippen LogP contribution in [0, 0.1) is 5.92 Å². The molecule has 1 aliphatic heterocycles. The number of aromatic carboxylic acids is 1. The van der Waals surface area contributed by atoms with Gasteiger partial charge in [0.1, 0.15) is 0 Å². The summed E-state index contributed by atoms with van der Waals surface area (Å²) in [6.45, 7) is 0. The van der Waals surface area contributed by atoms with E-state index in [9.17, 15) is 24.6 Å². The zero-order valence-electron chi connectivity index (χ0n) is 16.7. The molecule has 1 aliphatic carbocycles. The molecule has 4 rings (SSSR count). The van der Waals surface area contributed by atoms with Gasteiger partial charge in [0.15, 0.2) is 0 Å². The summed E-state index contributed by atoms with van der Waals surface area (Å²) in [5.41, 5.74) is 1.29. The fraction of sp³-hybridized carbons (Fsp3) is 0.375. The predicted octanol–water partition coefficient (Wildman–Crippen LogP) is 4.05. The van der Waals surface area contributed by atoms with Crippen LogP contribution in [0.4, 0.5) is 0 Å². The Labute approximate surface area is 175 Å². The Morgan fingerprint density at radius 2 is 1.63 bits per heavy atom. The van der Waals surface area contributed by atoms with Crippen molar-refractivity contribution in [2.24, 2.45) is 5.92 Å². The molecular formula is C24H25NO5. The number of aliphatic hydroxyl groups is 1. The second-order valence-corrected chi connectivity index (χ2v) is 8.22. The van der Waals surface area contributed by atoms with Gasteiger partial charge in [0, 0.05) is 0 Å². The number of carbonyl (C=O) groups excluding carboxylic acids is 2. The lowest BCUT2D eigenvalue weighted by molar-refractivity contribution is 0.0559. The first kappa shape index (κ1) is 20.3. The van der Waals surface area contributed by atoms with Crippen LogP contribution < -0.4 is 0 Å². The smallest absolute Gasteiger partial charge is 0.335 e. The molecule has 2 amide bonds. The van der Waals surface area contributed by atoms with Crippen molar-refractivity contribution in [1.82, 2.24) is 4.90 Å². The van der Waals surface area contributed by atoms with Crippen molar-refractivity contribution in [3.05, 3.63) is 70.8 Å². The molecule has 6 heteroatoms. The Morgan fingerprint density at radius 1 is 0.967 bits per heavy atom. The molecule has 2 N–H and O–H groups in total. The molecule has 1 fully saturated rings. The summed E-state index contributed by atoms with van der Waals surface area (Å²) in [5, 5.41) is 19.0. The number of nitrogens with zero attached hydrogens (tertiary/aromatic N) is 1. The van der Waals surface area contributed by atoms with Crippen LogP contribution in [-0.2, 0) is 0 Å². The third-order valence-corrected chi connectivity index (χ3v) is 6.33. The number of carbonyl (C=O) groups is 3. The lowest BCUT2D eigenvalue weighted by Crippen LogP contribution is -2.34. The van der Waals surface area contributed by atoms with Gasteiger partial charge in [-0.25, -0.2) is 4.79 Å². The van der Waals surface area contributed by atoms with Crippen molar-refractivity contribution in [3.63, 3.8) is 0 Å². The molecule has 2 aromatic carbocycles. The van der Waals surface area contributed by atoms with Crippen molar-refractivity contribution in [2.75, 3.05) is 0 Å². The van der Waals surface area contributed by atoms with Gasteiger partial charge in [-0.2, -0.15) is 0 Å². The number of benzene rings is 2. The topological polar surface area (TPSA) is 94.9 Å². The predicted molar refractivity (Wildman–Crippen MR) is 110 cm³/mol. The summed E-state index contributed by atoms with van der Waals surface area (Å²) in [6, 6.07) is 13.2. The molecule has 0 spiro atoms. The molecular weight excluding hydrogens is 382 g/mol. The Kier molecular flexibility index (Phi) is 5.68. The van der Waals surface area contributed by atoms with Gasteiger partial charge in [-0.15, -0.1) is 0 Å². The average molecular weight is 407 g/mol. The Balaban J connectivity index is 1.61. The number of imide groups is 1. The summed E-state index contributed by atoms with van der Waals surface area (Å²) in [7, 11) is 0. The molecule has 1 atom stereocenters. The second kappa shape index (κ2) is 8.40. The first-order valence-corrected chi connectivity index (χ1v) is 10.4. The maximum absolute atomic E-state index is 13.2. The molecule has 1 heterocycles. The van der Waals surface area contributed by atoms with Gasteiger partial charge >= 0.3 is 5.97 Å². The van der Waals surface area contributed by atoms with E-state index in [1.165, 1.54) is 23.1 Å². The van der Waals surface area contributed by atoms with Gasteiger partial charge in [-0.3, -0.25) is 14.5 Å². The Hall–Kier alpha value is -2.99. The molecule has 30 heavy (non-hydrogen) atoms. The van der Waals surface area contributed by atoms with Gasteiger partial charge in [-0.1, -0.05) is 30.3 Å². The van der Waals surface area contributed by atoms with Crippen molar-refractivity contribution in [3.8, 4) is 0 Å². The average Bonchev–Trinajstić information content (AvgIpc) is 3.00. The van der Waals surface area contributed by atoms with E-state index in [0.29, 0.717) is 12.3 Å². The van der Waals surface area contributed by atoms with Gasteiger partial charge < -0.3 is 10.2 Å². The van der Waals surface area contributed by atoms with Crippen LogP contribution in [-0.4, -0.2) is 39.0 Å². The van der Waals surface area contributed by atoms with Crippen LogP contribution in [0.15, 0.2) is 48.5 Å². The Bertz CT molecular complexity index is 963. The summed E-state index contributed by atoms with van der Waals surface area (Å²) in [4.78, 5) is 38.9. The van der Waals surface area contributed by atoms with E-state index < -0.39 is 17.9 Å². The van der Waals surface area contributed by atoms with Crippen LogP contribution in [0.3, 0.4) is 0 Å². The highest BCUT2D eigenvalue weighted by Gasteiger charge is 2.41. The lowest BCUT2D eigenvalue weighted by atomic mass is 9.83. The van der Waals surface area contributed by atoms with E-state index in [4.69, 9.17) is 0 Å². The third kappa shape index (κ3) is 3.87. The zero-order valence-corrected chi connectivity index (χ0v) is 16.7. The fourth-order valence-corrected chi connectivity index (χ4v) is 4.62. The first-order chi connectivity index (χ1) is 14.5. The maximum Gasteiger partial charge on any atom is 0.335 e. The summed E-state index contributed by atoms with van der Waals surface area (Å²) < 4.78 is 0. The van der Waals surface area contributed by atoms with Gasteiger partial charge in [0.2, 0.25) is 0 Å². The number of carboxylic acid groups (broad SMARTS) is 1. The number of fused-ring (bicyclic) bond motifs is 1. The monoisotopic (exact) mass is 407 g/mol. The molecule has 156 valence electrons. The van der Waals surface area contributed by atoms with E-state index >= 15 is 0 Å². The summed E-state index contributed by atoms with van der Waals surface area (Å²) in [6.07, 6.45) is 4.78. The van der Waals surface area contributed by atoms with Crippen LogP contribution in [0.25, 0.3) is 0 Å². The van der Waals surface area contributed by atoms with E-state index in [1.54, 1.807) is 0 Å². The Morgan fingerprint density at radius 3 is 2.30 bits per heavy atom. The highest BCUT2D eigenvalue weighted by atomic mass is 16.4. The molecule has 2 aromatic rings. The minimum absolute atomic E-state index is 0.00576. The highest BCUT2D eigenvalue weighted by Crippen LogP contribution is 2.37. The SMILES string of the molecule is O=C(O)c1ccc2c(c1)C(=O)N([C@H](CCC1CCC(O)CC1)c1ccccc1)C2=O. The number of carboxylic acids is 1. The van der Waals surface area contributed by atoms with Crippen molar-refractivity contribution in [2.45, 2.75) is 50.7 Å². The first-order valence-electron chi connectivity index (χ1n) is 10.4. The number of hydrogen-bond donors (Lipinski definition) is 2. The van der Waals surface area contributed by atoms with Crippen molar-refractivity contribution >= 4 is 17.8 Å². The van der Waals surface area contributed by atoms with Gasteiger partial charge in [0.25, 0.3) is 11.8 Å². The van der Waals surface area contributed by atoms with Crippen LogP contribution in [0.1, 0.15) is 81.2 Å². The normalized spacial score (nSPS) is 22.1. The van der Waals surface area contributed by atoms with Crippen LogP contribution in [0.5, 0.6) is 0 Å². The number of rotatable bonds is 6. The van der Waals surface area contributed by atoms with Crippen LogP contribution in [0.2, 0.25) is 0 Å². The quantitative estimate of drug-likeness (QED) is 0.705. The number of amides is 2. The summed E-state index contributed by atoms with van der Waals surface area (Å²) in [5.74, 6) is -1.48. The third-order valence-electron chi connectivity index (χ3n) is 6.33. The highest BCUT2D eigenvalue weighted by molar-refractivity contribution is 6.22. The van der Waals surface area contributed by atoms with Gasteiger partial charge in [-0.05, 0) is 68.2 Å². The van der Waals surface area contributed by atoms with Crippen molar-refractivity contribution < 1.29 is 24.6 Å². The molecule has 6 nitrogen and oxygen atoms in total. The van der Waals surface area contributed by atoms with E-state index in [1.807, 2.05) is 30.3 Å². The largest absolute Gasteiger partial charge is 0.478 e. The van der Waals surface area contributed by atoms with Crippen LogP contribution >= 0.6 is 0 Å². The minimum Gasteiger partial charge on any atom is -0.478 e. The van der Waals surface area contributed by atoms with Crippen molar-refractivity contribution in [1.29, 1.82) is 0 Å². The number of hydrogen-bond acceptors (Lipinski definition) is 4. The molecule has 0 saturated heterocycles. The lowest BCUT2D eigenvalue weighted by Gasteiger charge is -2.30. The fourth-order valence-electron chi connectivity index (χ4n) is 4.62. The molecule has 0 aromatic heterocycles. The van der Waals surface area contributed by atoms with E-state index in [0.717, 1.165) is 37.7 Å².